The van der Waals surface area contributed by atoms with Crippen molar-refractivity contribution in [1.82, 2.24) is 10.2 Å². The van der Waals surface area contributed by atoms with Gasteiger partial charge >= 0.3 is 5.97 Å². The lowest BCUT2D eigenvalue weighted by Crippen LogP contribution is -2.17. The van der Waals surface area contributed by atoms with Crippen LogP contribution in [0.25, 0.3) is 16.8 Å². The van der Waals surface area contributed by atoms with Crippen LogP contribution in [0.4, 0.5) is 0 Å². The molecule has 3 heterocycles. The van der Waals surface area contributed by atoms with Gasteiger partial charge in [0.05, 0.1) is 10.5 Å². The second-order valence-corrected chi connectivity index (χ2v) is 7.86. The Kier molecular flexibility index (Phi) is 5.19. The van der Waals surface area contributed by atoms with Crippen LogP contribution in [0.5, 0.6) is 5.75 Å². The van der Waals surface area contributed by atoms with Crippen LogP contribution in [0.3, 0.4) is 0 Å². The number of benzene rings is 1. The van der Waals surface area contributed by atoms with Gasteiger partial charge in [-0.3, -0.25) is 0 Å². The molecule has 0 saturated heterocycles. The van der Waals surface area contributed by atoms with Gasteiger partial charge in [0, 0.05) is 15.5 Å². The van der Waals surface area contributed by atoms with Crippen LogP contribution in [0, 0.1) is 6.92 Å². The highest BCUT2D eigenvalue weighted by Crippen LogP contribution is 2.31. The lowest BCUT2D eigenvalue weighted by atomic mass is 10.1. The standard InChI is InChI=1S/C20H17ClN2O4S/c1-3-16-11(2)6-17(28-16)19-23-22-18(27-19)10-26-20(24)13-7-12-8-14(21)4-5-15(12)25-9-13/h4-8H,3,9-10H2,1-2H3. The highest BCUT2D eigenvalue weighted by molar-refractivity contribution is 7.15. The SMILES string of the molecule is CCc1sc(-c2nnc(COC(=O)C3=Cc4cc(Cl)ccc4OC3)o2)cc1C. The molecule has 0 spiro atoms. The maximum absolute atomic E-state index is 12.3. The molecule has 4 rings (SSSR count). The molecular weight excluding hydrogens is 400 g/mol. The van der Waals surface area contributed by atoms with E-state index in [1.807, 2.05) is 6.07 Å². The second-order valence-electron chi connectivity index (χ2n) is 6.29. The van der Waals surface area contributed by atoms with Crippen LogP contribution in [0.1, 0.15) is 28.8 Å². The largest absolute Gasteiger partial charge is 0.488 e. The topological polar surface area (TPSA) is 74.5 Å². The summed E-state index contributed by atoms with van der Waals surface area (Å²) < 4.78 is 16.5. The third kappa shape index (κ3) is 3.81. The number of carbonyl (C=O) groups is 1. The van der Waals surface area contributed by atoms with E-state index in [4.69, 9.17) is 25.5 Å². The Morgan fingerprint density at radius 2 is 2.18 bits per heavy atom. The Morgan fingerprint density at radius 3 is 2.96 bits per heavy atom. The van der Waals surface area contributed by atoms with Crippen molar-refractivity contribution >= 4 is 35.0 Å². The minimum atomic E-state index is -0.495. The fourth-order valence-corrected chi connectivity index (χ4v) is 4.09. The number of halogens is 1. The predicted molar refractivity (Wildman–Crippen MR) is 106 cm³/mol. The fraction of sp³-hybridized carbons (Fsp3) is 0.250. The molecule has 0 fully saturated rings. The number of aryl methyl sites for hydroxylation is 2. The van der Waals surface area contributed by atoms with Crippen LogP contribution >= 0.6 is 22.9 Å². The quantitative estimate of drug-likeness (QED) is 0.554. The van der Waals surface area contributed by atoms with Crippen LogP contribution in [-0.2, 0) is 22.6 Å². The first-order valence-electron chi connectivity index (χ1n) is 8.75. The van der Waals surface area contributed by atoms with E-state index in [2.05, 4.69) is 24.0 Å². The molecule has 8 heteroatoms. The van der Waals surface area contributed by atoms with Gasteiger partial charge in [0.2, 0.25) is 0 Å². The van der Waals surface area contributed by atoms with Gasteiger partial charge < -0.3 is 13.9 Å². The number of carbonyl (C=O) groups excluding carboxylic acids is 1. The summed E-state index contributed by atoms with van der Waals surface area (Å²) in [4.78, 5) is 14.5. The Morgan fingerprint density at radius 1 is 1.32 bits per heavy atom. The maximum Gasteiger partial charge on any atom is 0.338 e. The molecule has 6 nitrogen and oxygen atoms in total. The van der Waals surface area contributed by atoms with Crippen LogP contribution in [0.2, 0.25) is 5.02 Å². The van der Waals surface area contributed by atoms with E-state index in [9.17, 15) is 4.79 Å². The van der Waals surface area contributed by atoms with Crippen molar-refractivity contribution in [3.05, 3.63) is 56.8 Å². The Balaban J connectivity index is 1.42. The van der Waals surface area contributed by atoms with Gasteiger partial charge in [-0.15, -0.1) is 21.5 Å². The van der Waals surface area contributed by atoms with Crippen LogP contribution < -0.4 is 4.74 Å². The van der Waals surface area contributed by atoms with Crippen molar-refractivity contribution < 1.29 is 18.7 Å². The summed E-state index contributed by atoms with van der Waals surface area (Å²) in [5.41, 5.74) is 2.35. The Labute approximate surface area is 170 Å². The zero-order valence-corrected chi connectivity index (χ0v) is 16.9. The van der Waals surface area contributed by atoms with E-state index in [1.165, 1.54) is 10.4 Å². The van der Waals surface area contributed by atoms with Gasteiger partial charge in [-0.05, 0) is 49.2 Å². The van der Waals surface area contributed by atoms with Crippen LogP contribution in [0.15, 0.2) is 34.3 Å². The van der Waals surface area contributed by atoms with Gasteiger partial charge in [0.1, 0.15) is 12.4 Å². The van der Waals surface area contributed by atoms with E-state index in [-0.39, 0.29) is 19.1 Å². The summed E-state index contributed by atoms with van der Waals surface area (Å²) >= 11 is 7.62. The summed E-state index contributed by atoms with van der Waals surface area (Å²) in [6, 6.07) is 7.27. The molecule has 1 aliphatic heterocycles. The molecular formula is C20H17ClN2O4S. The lowest BCUT2D eigenvalue weighted by molar-refractivity contribution is -0.141. The second kappa shape index (κ2) is 7.77. The van der Waals surface area contributed by atoms with Crippen molar-refractivity contribution in [2.75, 3.05) is 6.61 Å². The first-order valence-corrected chi connectivity index (χ1v) is 9.95. The number of fused-ring (bicyclic) bond motifs is 1. The number of aromatic nitrogens is 2. The van der Waals surface area contributed by atoms with Crippen molar-refractivity contribution in [2.24, 2.45) is 0 Å². The molecule has 0 saturated carbocycles. The Hall–Kier alpha value is -2.64. The van der Waals surface area contributed by atoms with E-state index in [0.717, 1.165) is 16.9 Å². The summed E-state index contributed by atoms with van der Waals surface area (Å²) in [7, 11) is 0. The monoisotopic (exact) mass is 416 g/mol. The lowest BCUT2D eigenvalue weighted by Gasteiger charge is -2.17. The number of hydrogen-bond acceptors (Lipinski definition) is 7. The third-order valence-electron chi connectivity index (χ3n) is 4.29. The number of nitrogens with zero attached hydrogens (tertiary/aromatic N) is 2. The molecule has 1 aromatic carbocycles. The zero-order chi connectivity index (χ0) is 19.7. The molecule has 0 atom stereocenters. The normalized spacial score (nSPS) is 12.9. The predicted octanol–water partition coefficient (Wildman–Crippen LogP) is 4.84. The van der Waals surface area contributed by atoms with Crippen molar-refractivity contribution in [3.8, 4) is 16.5 Å². The molecule has 0 amide bonds. The first kappa shape index (κ1) is 18.7. The number of esters is 1. The average molecular weight is 417 g/mol. The smallest absolute Gasteiger partial charge is 0.338 e. The van der Waals surface area contributed by atoms with Crippen molar-refractivity contribution in [1.29, 1.82) is 0 Å². The number of ether oxygens (including phenoxy) is 2. The fourth-order valence-electron chi connectivity index (χ4n) is 2.87. The average Bonchev–Trinajstić information content (AvgIpc) is 3.31. The highest BCUT2D eigenvalue weighted by Gasteiger charge is 2.20. The minimum Gasteiger partial charge on any atom is -0.488 e. The van der Waals surface area contributed by atoms with Crippen molar-refractivity contribution in [2.45, 2.75) is 26.9 Å². The molecule has 3 aromatic rings. The van der Waals surface area contributed by atoms with Gasteiger partial charge in [-0.2, -0.15) is 0 Å². The molecule has 144 valence electrons. The van der Waals surface area contributed by atoms with E-state index in [1.54, 1.807) is 35.6 Å². The number of thiophene rings is 1. The summed E-state index contributed by atoms with van der Waals surface area (Å²) in [5.74, 6) is 0.863. The number of hydrogen-bond donors (Lipinski definition) is 0. The number of rotatable bonds is 5. The Bertz CT molecular complexity index is 1070. The first-order chi connectivity index (χ1) is 13.5. The highest BCUT2D eigenvalue weighted by atomic mass is 35.5. The molecule has 28 heavy (non-hydrogen) atoms. The van der Waals surface area contributed by atoms with Crippen LogP contribution in [-0.4, -0.2) is 22.8 Å². The third-order valence-corrected chi connectivity index (χ3v) is 5.90. The van der Waals surface area contributed by atoms with Gasteiger partial charge in [0.25, 0.3) is 11.8 Å². The molecule has 2 aromatic heterocycles. The molecule has 0 bridgehead atoms. The summed E-state index contributed by atoms with van der Waals surface area (Å²) in [5, 5.41) is 8.59. The van der Waals surface area contributed by atoms with Gasteiger partial charge in [-0.25, -0.2) is 4.79 Å². The summed E-state index contributed by atoms with van der Waals surface area (Å²) in [6.45, 7) is 4.20. The molecule has 0 aliphatic carbocycles. The van der Waals surface area contributed by atoms with E-state index in [0.29, 0.717) is 22.2 Å². The van der Waals surface area contributed by atoms with E-state index >= 15 is 0 Å². The summed E-state index contributed by atoms with van der Waals surface area (Å²) in [6.07, 6.45) is 2.67. The van der Waals surface area contributed by atoms with Crippen molar-refractivity contribution in [3.63, 3.8) is 0 Å². The van der Waals surface area contributed by atoms with E-state index < -0.39 is 5.97 Å². The molecule has 0 unspecified atom stereocenters. The minimum absolute atomic E-state index is 0.101. The van der Waals surface area contributed by atoms with Gasteiger partial charge in [0.15, 0.2) is 6.61 Å². The van der Waals surface area contributed by atoms with Gasteiger partial charge in [-0.1, -0.05) is 18.5 Å². The zero-order valence-electron chi connectivity index (χ0n) is 15.3. The molecule has 0 radical (unpaired) electrons. The maximum atomic E-state index is 12.3. The molecule has 0 N–H and O–H groups in total. The molecule has 1 aliphatic rings.